The Labute approximate surface area is 127 Å². The molecule has 2 N–H and O–H groups in total. The fourth-order valence-electron chi connectivity index (χ4n) is 3.56. The lowest BCUT2D eigenvalue weighted by Gasteiger charge is -2.29. The highest BCUT2D eigenvalue weighted by Crippen LogP contribution is 2.26. The second-order valence-electron chi connectivity index (χ2n) is 6.71. The summed E-state index contributed by atoms with van der Waals surface area (Å²) in [4.78, 5) is 24.9. The number of nitrogens with zero attached hydrogens (tertiary/aromatic N) is 1. The van der Waals surface area contributed by atoms with Crippen LogP contribution in [0.5, 0.6) is 0 Å². The van der Waals surface area contributed by atoms with Crippen molar-refractivity contribution in [1.82, 2.24) is 10.2 Å². The minimum Gasteiger partial charge on any atom is -0.481 e. The van der Waals surface area contributed by atoms with E-state index in [1.807, 2.05) is 4.90 Å². The molecular weight excluding hydrogens is 268 g/mol. The average molecular weight is 296 g/mol. The van der Waals surface area contributed by atoms with Crippen molar-refractivity contribution in [3.63, 3.8) is 0 Å². The van der Waals surface area contributed by atoms with Gasteiger partial charge in [-0.2, -0.15) is 0 Å². The molecule has 0 aliphatic carbocycles. The average Bonchev–Trinajstić information content (AvgIpc) is 2.95. The highest BCUT2D eigenvalue weighted by atomic mass is 16.4. The van der Waals surface area contributed by atoms with E-state index in [9.17, 15) is 9.59 Å². The summed E-state index contributed by atoms with van der Waals surface area (Å²) in [5, 5.41) is 12.1. The summed E-state index contributed by atoms with van der Waals surface area (Å²) in [6.45, 7) is 5.89. The Morgan fingerprint density at radius 3 is 2.86 bits per heavy atom. The van der Waals surface area contributed by atoms with E-state index in [0.29, 0.717) is 30.6 Å². The number of hydrogen-bond donors (Lipinski definition) is 2. The van der Waals surface area contributed by atoms with Gasteiger partial charge in [-0.1, -0.05) is 6.92 Å². The van der Waals surface area contributed by atoms with Gasteiger partial charge >= 0.3 is 5.97 Å². The Hall–Kier alpha value is -1.10. The maximum atomic E-state index is 12.4. The lowest BCUT2D eigenvalue weighted by atomic mass is 9.85. The number of amides is 1. The Balaban J connectivity index is 1.72. The van der Waals surface area contributed by atoms with Crippen molar-refractivity contribution in [2.45, 2.75) is 45.4 Å². The minimum absolute atomic E-state index is 0.219. The predicted octanol–water partition coefficient (Wildman–Crippen LogP) is 1.73. The van der Waals surface area contributed by atoms with Crippen molar-refractivity contribution in [1.29, 1.82) is 0 Å². The van der Waals surface area contributed by atoms with Gasteiger partial charge in [0.2, 0.25) is 5.91 Å². The van der Waals surface area contributed by atoms with Crippen molar-refractivity contribution in [3.05, 3.63) is 0 Å². The molecule has 2 fully saturated rings. The van der Waals surface area contributed by atoms with E-state index in [1.165, 1.54) is 12.8 Å². The zero-order chi connectivity index (χ0) is 15.2. The van der Waals surface area contributed by atoms with Gasteiger partial charge in [0, 0.05) is 25.9 Å². The van der Waals surface area contributed by atoms with E-state index in [0.717, 1.165) is 32.6 Å². The van der Waals surface area contributed by atoms with Crippen LogP contribution in [0.3, 0.4) is 0 Å². The number of carbonyl (C=O) groups is 2. The second-order valence-corrected chi connectivity index (χ2v) is 6.71. The number of rotatable bonds is 6. The minimum atomic E-state index is -0.738. The Morgan fingerprint density at radius 1 is 1.38 bits per heavy atom. The summed E-state index contributed by atoms with van der Waals surface area (Å²) >= 11 is 0. The number of aliphatic carboxylic acids is 1. The van der Waals surface area contributed by atoms with Crippen molar-refractivity contribution in [2.24, 2.45) is 17.8 Å². The van der Waals surface area contributed by atoms with E-state index in [-0.39, 0.29) is 12.3 Å². The Kier molecular flexibility index (Phi) is 6.03. The van der Waals surface area contributed by atoms with Crippen molar-refractivity contribution >= 4 is 11.9 Å². The van der Waals surface area contributed by atoms with E-state index in [2.05, 4.69) is 12.2 Å². The van der Waals surface area contributed by atoms with Crippen molar-refractivity contribution in [3.8, 4) is 0 Å². The number of likely N-dealkylation sites (tertiary alicyclic amines) is 1. The SMILES string of the molecule is CC(CC(=O)N1CCC(CCC(=O)O)C1)C1CCCNC1. The number of carboxylic acid groups (broad SMARTS) is 1. The molecule has 2 saturated heterocycles. The third kappa shape index (κ3) is 4.99. The topological polar surface area (TPSA) is 69.6 Å². The molecular formula is C16H28N2O3. The van der Waals surface area contributed by atoms with Crippen LogP contribution < -0.4 is 5.32 Å². The monoisotopic (exact) mass is 296 g/mol. The molecule has 0 aromatic heterocycles. The number of nitrogens with one attached hydrogen (secondary N) is 1. The lowest BCUT2D eigenvalue weighted by molar-refractivity contribution is -0.137. The van der Waals surface area contributed by atoms with E-state index in [4.69, 9.17) is 5.11 Å². The molecule has 0 spiro atoms. The lowest BCUT2D eigenvalue weighted by Crippen LogP contribution is -2.36. The molecule has 2 heterocycles. The van der Waals surface area contributed by atoms with Crippen molar-refractivity contribution < 1.29 is 14.7 Å². The highest BCUT2D eigenvalue weighted by molar-refractivity contribution is 5.76. The van der Waals surface area contributed by atoms with E-state index >= 15 is 0 Å². The van der Waals surface area contributed by atoms with Crippen LogP contribution in [0.4, 0.5) is 0 Å². The summed E-state index contributed by atoms with van der Waals surface area (Å²) in [6, 6.07) is 0. The fourth-order valence-corrected chi connectivity index (χ4v) is 3.56. The van der Waals surface area contributed by atoms with Gasteiger partial charge in [0.05, 0.1) is 0 Å². The largest absolute Gasteiger partial charge is 0.481 e. The van der Waals surface area contributed by atoms with Crippen LogP contribution >= 0.6 is 0 Å². The molecule has 5 heteroatoms. The van der Waals surface area contributed by atoms with Crippen molar-refractivity contribution in [2.75, 3.05) is 26.2 Å². The first-order chi connectivity index (χ1) is 10.1. The first kappa shape index (κ1) is 16.3. The Bertz CT molecular complexity index is 367. The summed E-state index contributed by atoms with van der Waals surface area (Å²) in [6.07, 6.45) is 4.95. The molecule has 2 aliphatic rings. The molecule has 3 unspecified atom stereocenters. The van der Waals surface area contributed by atoms with Crippen LogP contribution in [-0.4, -0.2) is 48.1 Å². The summed E-state index contributed by atoms with van der Waals surface area (Å²) in [5.74, 6) is 0.942. The molecule has 5 nitrogen and oxygen atoms in total. The van der Waals surface area contributed by atoms with Gasteiger partial charge in [0.25, 0.3) is 0 Å². The third-order valence-corrected chi connectivity index (χ3v) is 5.04. The zero-order valence-corrected chi connectivity index (χ0v) is 13.0. The maximum absolute atomic E-state index is 12.4. The maximum Gasteiger partial charge on any atom is 0.303 e. The van der Waals surface area contributed by atoms with E-state index < -0.39 is 5.97 Å². The predicted molar refractivity (Wildman–Crippen MR) is 80.9 cm³/mol. The molecule has 2 rings (SSSR count). The van der Waals surface area contributed by atoms with Gasteiger partial charge in [-0.25, -0.2) is 0 Å². The van der Waals surface area contributed by atoms with Gasteiger partial charge in [0.1, 0.15) is 0 Å². The van der Waals surface area contributed by atoms with Crippen LogP contribution in [0.2, 0.25) is 0 Å². The third-order valence-electron chi connectivity index (χ3n) is 5.04. The molecule has 21 heavy (non-hydrogen) atoms. The second kappa shape index (κ2) is 7.78. The zero-order valence-electron chi connectivity index (χ0n) is 13.0. The summed E-state index contributed by atoms with van der Waals surface area (Å²) < 4.78 is 0. The molecule has 120 valence electrons. The highest BCUT2D eigenvalue weighted by Gasteiger charge is 2.29. The first-order valence-corrected chi connectivity index (χ1v) is 8.26. The smallest absolute Gasteiger partial charge is 0.303 e. The van der Waals surface area contributed by atoms with Crippen LogP contribution in [0, 0.1) is 17.8 Å². The van der Waals surface area contributed by atoms with Crippen LogP contribution in [-0.2, 0) is 9.59 Å². The van der Waals surface area contributed by atoms with Crippen LogP contribution in [0.1, 0.15) is 45.4 Å². The fraction of sp³-hybridized carbons (Fsp3) is 0.875. The first-order valence-electron chi connectivity index (χ1n) is 8.26. The molecule has 0 aromatic rings. The molecule has 0 saturated carbocycles. The molecule has 0 radical (unpaired) electrons. The van der Waals surface area contributed by atoms with Gasteiger partial charge in [-0.15, -0.1) is 0 Å². The molecule has 2 aliphatic heterocycles. The normalized spacial score (nSPS) is 27.6. The Morgan fingerprint density at radius 2 is 2.19 bits per heavy atom. The van der Waals surface area contributed by atoms with E-state index in [1.54, 1.807) is 0 Å². The molecule has 0 bridgehead atoms. The molecule has 0 aromatic carbocycles. The quantitative estimate of drug-likeness (QED) is 0.783. The number of hydrogen-bond acceptors (Lipinski definition) is 3. The van der Waals surface area contributed by atoms with Gasteiger partial charge in [0.15, 0.2) is 0 Å². The van der Waals surface area contributed by atoms with Gasteiger partial charge in [-0.05, 0) is 56.5 Å². The van der Waals surface area contributed by atoms with Crippen LogP contribution in [0.15, 0.2) is 0 Å². The molecule has 1 amide bonds. The number of carboxylic acids is 1. The van der Waals surface area contributed by atoms with Gasteiger partial charge < -0.3 is 15.3 Å². The number of carbonyl (C=O) groups excluding carboxylic acids is 1. The van der Waals surface area contributed by atoms with Gasteiger partial charge in [-0.3, -0.25) is 9.59 Å². The standard InChI is InChI=1S/C16H28N2O3/c1-12(14-3-2-7-17-10-14)9-15(19)18-8-6-13(11-18)4-5-16(20)21/h12-14,17H,2-11H2,1H3,(H,20,21). The molecule has 3 atom stereocenters. The summed E-state index contributed by atoms with van der Waals surface area (Å²) in [5.41, 5.74) is 0. The summed E-state index contributed by atoms with van der Waals surface area (Å²) in [7, 11) is 0. The number of piperidine rings is 1. The van der Waals surface area contributed by atoms with Crippen LogP contribution in [0.25, 0.3) is 0 Å².